The third-order valence-corrected chi connectivity index (χ3v) is 4.93. The van der Waals surface area contributed by atoms with Crippen LogP contribution >= 0.6 is 0 Å². The Morgan fingerprint density at radius 2 is 2.00 bits per heavy atom. The third kappa shape index (κ3) is 3.94. The Morgan fingerprint density at radius 1 is 1.27 bits per heavy atom. The topological polar surface area (TPSA) is 94.6 Å². The van der Waals surface area contributed by atoms with Gasteiger partial charge in [0.25, 0.3) is 0 Å². The molecule has 7 nitrogen and oxygen atoms in total. The fourth-order valence-corrected chi connectivity index (χ4v) is 3.58. The van der Waals surface area contributed by atoms with Gasteiger partial charge in [-0.15, -0.1) is 0 Å². The van der Waals surface area contributed by atoms with Crippen molar-refractivity contribution in [3.63, 3.8) is 0 Å². The number of nitrogens with zero attached hydrogens (tertiary/aromatic N) is 2. The summed E-state index contributed by atoms with van der Waals surface area (Å²) in [6.45, 7) is 1.47. The maximum absolute atomic E-state index is 12.0. The van der Waals surface area contributed by atoms with Crippen molar-refractivity contribution in [1.29, 1.82) is 0 Å². The number of hydrogen-bond acceptors (Lipinski definition) is 4. The van der Waals surface area contributed by atoms with Crippen LogP contribution in [0.4, 0.5) is 4.79 Å². The van der Waals surface area contributed by atoms with Crippen LogP contribution in [-0.4, -0.2) is 53.7 Å². The molecule has 1 unspecified atom stereocenters. The molecule has 1 aliphatic heterocycles. The molecule has 1 aromatic carbocycles. The Morgan fingerprint density at radius 3 is 2.69 bits per heavy atom. The van der Waals surface area contributed by atoms with Gasteiger partial charge in [0, 0.05) is 12.4 Å². The molecule has 2 aromatic rings. The standard InChI is InChI=1S/C19H24N4O3/c1-20-17(24)12-23(19(25)26)18(14-8-10-21-11-9-14)16-7-6-13-4-2-3-5-15(13)22-16/h2-7,14,18,21H,8-12H2,1H3,(H,20,24)(H,25,26). The molecule has 0 saturated carbocycles. The quantitative estimate of drug-likeness (QED) is 0.762. The monoisotopic (exact) mass is 356 g/mol. The highest BCUT2D eigenvalue weighted by Gasteiger charge is 2.35. The number of para-hydroxylation sites is 1. The molecule has 26 heavy (non-hydrogen) atoms. The van der Waals surface area contributed by atoms with Crippen LogP contribution in [0.5, 0.6) is 0 Å². The fourth-order valence-electron chi connectivity index (χ4n) is 3.58. The molecule has 2 heterocycles. The summed E-state index contributed by atoms with van der Waals surface area (Å²) < 4.78 is 0. The summed E-state index contributed by atoms with van der Waals surface area (Å²) in [4.78, 5) is 29.8. The fraction of sp³-hybridized carbons (Fsp3) is 0.421. The van der Waals surface area contributed by atoms with Crippen molar-refractivity contribution < 1.29 is 14.7 Å². The minimum Gasteiger partial charge on any atom is -0.465 e. The second-order valence-corrected chi connectivity index (χ2v) is 6.54. The number of amides is 2. The summed E-state index contributed by atoms with van der Waals surface area (Å²) in [5.74, 6) is -0.210. The molecule has 3 rings (SSSR count). The molecule has 0 radical (unpaired) electrons. The van der Waals surface area contributed by atoms with Crippen molar-refractivity contribution in [2.75, 3.05) is 26.7 Å². The predicted octanol–water partition coefficient (Wildman–Crippen LogP) is 2.00. The van der Waals surface area contributed by atoms with E-state index in [4.69, 9.17) is 4.98 Å². The number of pyridine rings is 1. The van der Waals surface area contributed by atoms with E-state index in [-0.39, 0.29) is 18.4 Å². The first-order valence-electron chi connectivity index (χ1n) is 8.86. The number of rotatable bonds is 5. The van der Waals surface area contributed by atoms with Gasteiger partial charge in [-0.1, -0.05) is 24.3 Å². The Kier molecular flexibility index (Phi) is 5.68. The van der Waals surface area contributed by atoms with Gasteiger partial charge in [0.05, 0.1) is 17.3 Å². The van der Waals surface area contributed by atoms with Crippen molar-refractivity contribution in [3.8, 4) is 0 Å². The number of nitrogens with one attached hydrogen (secondary N) is 2. The Hall–Kier alpha value is -2.67. The van der Waals surface area contributed by atoms with E-state index in [1.54, 1.807) is 0 Å². The summed E-state index contributed by atoms with van der Waals surface area (Å²) in [6, 6.07) is 11.2. The average molecular weight is 356 g/mol. The van der Waals surface area contributed by atoms with Crippen LogP contribution in [-0.2, 0) is 4.79 Å². The molecule has 0 spiro atoms. The molecular formula is C19H24N4O3. The molecule has 1 fully saturated rings. The zero-order valence-corrected chi connectivity index (χ0v) is 14.8. The second-order valence-electron chi connectivity index (χ2n) is 6.54. The molecule has 0 aliphatic carbocycles. The largest absolute Gasteiger partial charge is 0.465 e. The number of piperidine rings is 1. The van der Waals surface area contributed by atoms with Gasteiger partial charge in [-0.25, -0.2) is 4.79 Å². The summed E-state index contributed by atoms with van der Waals surface area (Å²) >= 11 is 0. The highest BCUT2D eigenvalue weighted by atomic mass is 16.4. The van der Waals surface area contributed by atoms with E-state index in [0.29, 0.717) is 5.69 Å². The zero-order valence-electron chi connectivity index (χ0n) is 14.8. The molecular weight excluding hydrogens is 332 g/mol. The van der Waals surface area contributed by atoms with Gasteiger partial charge in [0.1, 0.15) is 6.54 Å². The zero-order chi connectivity index (χ0) is 18.5. The smallest absolute Gasteiger partial charge is 0.408 e. The highest BCUT2D eigenvalue weighted by molar-refractivity contribution is 5.82. The Balaban J connectivity index is 2.02. The number of aromatic nitrogens is 1. The molecule has 0 bridgehead atoms. The maximum Gasteiger partial charge on any atom is 0.408 e. The van der Waals surface area contributed by atoms with Crippen LogP contribution in [0.15, 0.2) is 36.4 Å². The number of carbonyl (C=O) groups excluding carboxylic acids is 1. The molecule has 1 atom stereocenters. The third-order valence-electron chi connectivity index (χ3n) is 4.93. The maximum atomic E-state index is 12.0. The van der Waals surface area contributed by atoms with E-state index in [2.05, 4.69) is 10.6 Å². The highest BCUT2D eigenvalue weighted by Crippen LogP contribution is 2.34. The SMILES string of the molecule is CNC(=O)CN(C(=O)O)C(c1ccc2ccccc2n1)C1CCNCC1. The normalized spacial score (nSPS) is 16.2. The van der Waals surface area contributed by atoms with Crippen LogP contribution in [0.3, 0.4) is 0 Å². The number of benzene rings is 1. The lowest BCUT2D eigenvalue weighted by Gasteiger charge is -2.36. The van der Waals surface area contributed by atoms with Gasteiger partial charge in [0.15, 0.2) is 0 Å². The van der Waals surface area contributed by atoms with E-state index >= 15 is 0 Å². The first-order valence-corrected chi connectivity index (χ1v) is 8.86. The molecule has 1 saturated heterocycles. The van der Waals surface area contributed by atoms with Crippen molar-refractivity contribution in [1.82, 2.24) is 20.5 Å². The minimum absolute atomic E-state index is 0.116. The molecule has 1 aromatic heterocycles. The van der Waals surface area contributed by atoms with Crippen LogP contribution < -0.4 is 10.6 Å². The van der Waals surface area contributed by atoms with Crippen molar-refractivity contribution in [2.45, 2.75) is 18.9 Å². The van der Waals surface area contributed by atoms with Gasteiger partial charge < -0.3 is 15.7 Å². The summed E-state index contributed by atoms with van der Waals surface area (Å²) in [6.07, 6.45) is 0.583. The van der Waals surface area contributed by atoms with E-state index in [9.17, 15) is 14.7 Å². The lowest BCUT2D eigenvalue weighted by atomic mass is 9.86. The second kappa shape index (κ2) is 8.14. The lowest BCUT2D eigenvalue weighted by Crippen LogP contribution is -2.46. The molecule has 2 amide bonds. The number of fused-ring (bicyclic) bond motifs is 1. The number of carboxylic acid groups (broad SMARTS) is 1. The van der Waals surface area contributed by atoms with E-state index in [0.717, 1.165) is 36.8 Å². The van der Waals surface area contributed by atoms with E-state index < -0.39 is 12.1 Å². The van der Waals surface area contributed by atoms with Gasteiger partial charge in [-0.2, -0.15) is 0 Å². The number of likely N-dealkylation sites (N-methyl/N-ethyl adjacent to an activating group) is 1. The van der Waals surface area contributed by atoms with Gasteiger partial charge in [-0.05, 0) is 44.0 Å². The molecule has 3 N–H and O–H groups in total. The summed E-state index contributed by atoms with van der Waals surface area (Å²) in [5.41, 5.74) is 1.52. The molecule has 138 valence electrons. The van der Waals surface area contributed by atoms with Crippen molar-refractivity contribution in [3.05, 3.63) is 42.1 Å². The summed E-state index contributed by atoms with van der Waals surface area (Å²) in [7, 11) is 1.51. The van der Waals surface area contributed by atoms with Crippen molar-refractivity contribution in [2.24, 2.45) is 5.92 Å². The number of hydrogen-bond donors (Lipinski definition) is 3. The van der Waals surface area contributed by atoms with Gasteiger partial charge in [0.2, 0.25) is 5.91 Å². The summed E-state index contributed by atoms with van der Waals surface area (Å²) in [5, 5.41) is 16.6. The molecule has 1 aliphatic rings. The van der Waals surface area contributed by atoms with Crippen molar-refractivity contribution >= 4 is 22.9 Å². The lowest BCUT2D eigenvalue weighted by molar-refractivity contribution is -0.122. The average Bonchev–Trinajstić information content (AvgIpc) is 2.68. The Bertz CT molecular complexity index is 789. The van der Waals surface area contributed by atoms with E-state index in [1.165, 1.54) is 11.9 Å². The number of carbonyl (C=O) groups is 2. The van der Waals surface area contributed by atoms with Crippen LogP contribution in [0.25, 0.3) is 10.9 Å². The van der Waals surface area contributed by atoms with Crippen LogP contribution in [0.1, 0.15) is 24.6 Å². The van der Waals surface area contributed by atoms with Crippen LogP contribution in [0.2, 0.25) is 0 Å². The molecule has 7 heteroatoms. The Labute approximate surface area is 152 Å². The predicted molar refractivity (Wildman–Crippen MR) is 98.9 cm³/mol. The van der Waals surface area contributed by atoms with Crippen LogP contribution in [0, 0.1) is 5.92 Å². The van der Waals surface area contributed by atoms with E-state index in [1.807, 2.05) is 36.4 Å². The van der Waals surface area contributed by atoms with Gasteiger partial charge >= 0.3 is 6.09 Å². The minimum atomic E-state index is -1.10. The van der Waals surface area contributed by atoms with Gasteiger partial charge in [-0.3, -0.25) is 14.7 Å². The first-order chi connectivity index (χ1) is 12.6. The first kappa shape index (κ1) is 18.1.